The SMILES string of the molecule is CCCn1c(C)c(C(=O)OC(C)C)c2cc3c(cc21)CNC3. The van der Waals surface area contributed by atoms with Gasteiger partial charge in [-0.05, 0) is 50.5 Å². The average Bonchev–Trinajstić information content (AvgIpc) is 2.99. The summed E-state index contributed by atoms with van der Waals surface area (Å²) < 4.78 is 7.72. The van der Waals surface area contributed by atoms with Crippen LogP contribution in [0.2, 0.25) is 0 Å². The molecule has 4 nitrogen and oxygen atoms in total. The van der Waals surface area contributed by atoms with Crippen LogP contribution in [0, 0.1) is 6.92 Å². The third-order valence-electron chi connectivity index (χ3n) is 4.27. The van der Waals surface area contributed by atoms with Gasteiger partial charge in [0.1, 0.15) is 0 Å². The van der Waals surface area contributed by atoms with Crippen molar-refractivity contribution in [2.75, 3.05) is 0 Å². The van der Waals surface area contributed by atoms with Gasteiger partial charge in [-0.2, -0.15) is 0 Å². The lowest BCUT2D eigenvalue weighted by atomic mass is 10.0. The molecule has 0 amide bonds. The van der Waals surface area contributed by atoms with E-state index in [2.05, 4.69) is 28.9 Å². The van der Waals surface area contributed by atoms with E-state index in [-0.39, 0.29) is 12.1 Å². The number of esters is 1. The topological polar surface area (TPSA) is 43.3 Å². The van der Waals surface area contributed by atoms with Crippen LogP contribution < -0.4 is 5.32 Å². The minimum atomic E-state index is -0.210. The van der Waals surface area contributed by atoms with Gasteiger partial charge in [-0.15, -0.1) is 0 Å². The standard InChI is InChI=1S/C18H24N2O2/c1-5-6-20-12(4)17(18(21)22-11(2)3)15-7-13-9-19-10-14(13)8-16(15)20/h7-8,11,19H,5-6,9-10H2,1-4H3. The molecule has 1 aliphatic heterocycles. The molecule has 1 aliphatic rings. The molecule has 2 heterocycles. The number of carbonyl (C=O) groups excluding carboxylic acids is 1. The number of hydrogen-bond donors (Lipinski definition) is 1. The molecule has 0 atom stereocenters. The normalized spacial score (nSPS) is 13.9. The van der Waals surface area contributed by atoms with Crippen LogP contribution in [-0.2, 0) is 24.4 Å². The predicted molar refractivity (Wildman–Crippen MR) is 88.1 cm³/mol. The molecule has 0 fully saturated rings. The number of ether oxygens (including phenoxy) is 1. The second-order valence-corrected chi connectivity index (χ2v) is 6.31. The van der Waals surface area contributed by atoms with Crippen LogP contribution in [0.1, 0.15) is 54.4 Å². The van der Waals surface area contributed by atoms with Crippen molar-refractivity contribution < 1.29 is 9.53 Å². The van der Waals surface area contributed by atoms with Crippen LogP contribution in [0.4, 0.5) is 0 Å². The van der Waals surface area contributed by atoms with Crippen LogP contribution in [0.5, 0.6) is 0 Å². The number of rotatable bonds is 4. The Morgan fingerprint density at radius 2 is 2.00 bits per heavy atom. The van der Waals surface area contributed by atoms with E-state index in [0.29, 0.717) is 0 Å². The Morgan fingerprint density at radius 1 is 1.32 bits per heavy atom. The first-order valence-corrected chi connectivity index (χ1v) is 8.09. The van der Waals surface area contributed by atoms with Gasteiger partial charge in [-0.1, -0.05) is 6.92 Å². The molecule has 3 rings (SSSR count). The molecular weight excluding hydrogens is 276 g/mol. The third-order valence-corrected chi connectivity index (χ3v) is 4.27. The number of hydrogen-bond acceptors (Lipinski definition) is 3. The zero-order valence-corrected chi connectivity index (χ0v) is 13.8. The maximum absolute atomic E-state index is 12.6. The van der Waals surface area contributed by atoms with E-state index >= 15 is 0 Å². The molecule has 0 aliphatic carbocycles. The zero-order valence-electron chi connectivity index (χ0n) is 13.8. The van der Waals surface area contributed by atoms with E-state index in [1.807, 2.05) is 20.8 Å². The second-order valence-electron chi connectivity index (χ2n) is 6.31. The molecule has 0 spiro atoms. The first-order valence-electron chi connectivity index (χ1n) is 8.09. The van der Waals surface area contributed by atoms with E-state index in [0.717, 1.165) is 48.2 Å². The van der Waals surface area contributed by atoms with Crippen molar-refractivity contribution >= 4 is 16.9 Å². The van der Waals surface area contributed by atoms with E-state index in [9.17, 15) is 4.79 Å². The summed E-state index contributed by atoms with van der Waals surface area (Å²) in [6.45, 7) is 10.7. The molecule has 1 aromatic carbocycles. The minimum absolute atomic E-state index is 0.104. The summed E-state index contributed by atoms with van der Waals surface area (Å²) >= 11 is 0. The summed E-state index contributed by atoms with van der Waals surface area (Å²) in [4.78, 5) is 12.6. The van der Waals surface area contributed by atoms with Gasteiger partial charge in [0.25, 0.3) is 0 Å². The minimum Gasteiger partial charge on any atom is -0.459 e. The molecule has 2 aromatic rings. The summed E-state index contributed by atoms with van der Waals surface area (Å²) in [7, 11) is 0. The van der Waals surface area contributed by atoms with Crippen LogP contribution >= 0.6 is 0 Å². The lowest BCUT2D eigenvalue weighted by molar-refractivity contribution is 0.0379. The first kappa shape index (κ1) is 15.1. The fraction of sp³-hybridized carbons (Fsp3) is 0.500. The lowest BCUT2D eigenvalue weighted by Gasteiger charge is -2.09. The van der Waals surface area contributed by atoms with E-state index in [1.165, 1.54) is 11.1 Å². The Hall–Kier alpha value is -1.81. The van der Waals surface area contributed by atoms with E-state index in [1.54, 1.807) is 0 Å². The van der Waals surface area contributed by atoms with E-state index in [4.69, 9.17) is 4.74 Å². The number of aromatic nitrogens is 1. The summed E-state index contributed by atoms with van der Waals surface area (Å²) in [6, 6.07) is 4.40. The highest BCUT2D eigenvalue weighted by Gasteiger charge is 2.24. The van der Waals surface area contributed by atoms with Gasteiger partial charge in [0, 0.05) is 36.2 Å². The first-order chi connectivity index (χ1) is 10.5. The highest BCUT2D eigenvalue weighted by atomic mass is 16.5. The van der Waals surface area contributed by atoms with Gasteiger partial charge < -0.3 is 14.6 Å². The van der Waals surface area contributed by atoms with Gasteiger partial charge in [-0.25, -0.2) is 4.79 Å². The second kappa shape index (κ2) is 5.76. The monoisotopic (exact) mass is 300 g/mol. The maximum atomic E-state index is 12.6. The van der Waals surface area contributed by atoms with E-state index < -0.39 is 0 Å². The molecule has 22 heavy (non-hydrogen) atoms. The largest absolute Gasteiger partial charge is 0.459 e. The number of nitrogens with one attached hydrogen (secondary N) is 1. The summed E-state index contributed by atoms with van der Waals surface area (Å²) in [5.74, 6) is -0.210. The van der Waals surface area contributed by atoms with Gasteiger partial charge in [-0.3, -0.25) is 0 Å². The molecule has 4 heteroatoms. The molecule has 0 saturated heterocycles. The fourth-order valence-electron chi connectivity index (χ4n) is 3.31. The Kier molecular flexibility index (Phi) is 3.96. The van der Waals surface area contributed by atoms with Gasteiger partial charge in [0.2, 0.25) is 0 Å². The average molecular weight is 300 g/mol. The van der Waals surface area contributed by atoms with Crippen LogP contribution in [0.3, 0.4) is 0 Å². The van der Waals surface area contributed by atoms with Crippen molar-refractivity contribution in [3.8, 4) is 0 Å². The van der Waals surface area contributed by atoms with Crippen molar-refractivity contribution in [3.05, 3.63) is 34.5 Å². The number of fused-ring (bicyclic) bond motifs is 2. The number of benzene rings is 1. The molecular formula is C18H24N2O2. The molecule has 0 bridgehead atoms. The Bertz CT molecular complexity index is 728. The van der Waals surface area contributed by atoms with Gasteiger partial charge in [0.15, 0.2) is 0 Å². The van der Waals surface area contributed by atoms with Crippen molar-refractivity contribution in [3.63, 3.8) is 0 Å². The molecule has 1 aromatic heterocycles. The quantitative estimate of drug-likeness (QED) is 0.878. The predicted octanol–water partition coefficient (Wildman–Crippen LogP) is 3.53. The maximum Gasteiger partial charge on any atom is 0.340 e. The Balaban J connectivity index is 2.21. The van der Waals surface area contributed by atoms with Crippen molar-refractivity contribution in [1.29, 1.82) is 0 Å². The molecule has 0 unspecified atom stereocenters. The highest BCUT2D eigenvalue weighted by Crippen LogP contribution is 2.31. The van der Waals surface area contributed by atoms with Crippen molar-refractivity contribution in [2.45, 2.75) is 59.9 Å². The smallest absolute Gasteiger partial charge is 0.340 e. The Labute approximate surface area is 131 Å². The highest BCUT2D eigenvalue weighted by molar-refractivity contribution is 6.06. The van der Waals surface area contributed by atoms with Crippen LogP contribution in [0.25, 0.3) is 10.9 Å². The van der Waals surface area contributed by atoms with Crippen molar-refractivity contribution in [1.82, 2.24) is 9.88 Å². The zero-order chi connectivity index (χ0) is 15.9. The van der Waals surface area contributed by atoms with Crippen LogP contribution in [0.15, 0.2) is 12.1 Å². The summed E-state index contributed by atoms with van der Waals surface area (Å²) in [5, 5.41) is 4.40. The molecule has 1 N–H and O–H groups in total. The Morgan fingerprint density at radius 3 is 2.64 bits per heavy atom. The lowest BCUT2D eigenvalue weighted by Crippen LogP contribution is -2.13. The number of aryl methyl sites for hydroxylation is 1. The molecule has 0 saturated carbocycles. The van der Waals surface area contributed by atoms with Crippen molar-refractivity contribution in [2.24, 2.45) is 0 Å². The number of carbonyl (C=O) groups is 1. The fourth-order valence-corrected chi connectivity index (χ4v) is 3.31. The number of nitrogens with zero attached hydrogens (tertiary/aromatic N) is 1. The van der Waals surface area contributed by atoms with Gasteiger partial charge >= 0.3 is 5.97 Å². The summed E-state index contributed by atoms with van der Waals surface area (Å²) in [5.41, 5.74) is 5.52. The van der Waals surface area contributed by atoms with Crippen LogP contribution in [-0.4, -0.2) is 16.6 Å². The molecule has 0 radical (unpaired) electrons. The molecule has 118 valence electrons. The van der Waals surface area contributed by atoms with Gasteiger partial charge in [0.05, 0.1) is 11.7 Å². The summed E-state index contributed by atoms with van der Waals surface area (Å²) in [6.07, 6.45) is 0.936. The third kappa shape index (κ3) is 2.41.